The Morgan fingerprint density at radius 2 is 1.80 bits per heavy atom. The van der Waals surface area contributed by atoms with Crippen molar-refractivity contribution >= 4 is 27.8 Å². The number of rotatable bonds is 5. The van der Waals surface area contributed by atoms with Gasteiger partial charge in [-0.3, -0.25) is 5.43 Å². The molecule has 2 aromatic rings. The van der Waals surface area contributed by atoms with Crippen LogP contribution in [-0.2, 0) is 0 Å². The van der Waals surface area contributed by atoms with Gasteiger partial charge >= 0.3 is 0 Å². The Balaban J connectivity index is 2.13. The molecular weight excluding hydrogens is 320 g/mol. The van der Waals surface area contributed by atoms with E-state index in [4.69, 9.17) is 9.47 Å². The zero-order valence-electron chi connectivity index (χ0n) is 11.3. The van der Waals surface area contributed by atoms with Crippen molar-refractivity contribution in [2.75, 3.05) is 19.6 Å². The van der Waals surface area contributed by atoms with Gasteiger partial charge in [0.1, 0.15) is 0 Å². The third kappa shape index (κ3) is 3.51. The molecule has 0 aliphatic carbocycles. The van der Waals surface area contributed by atoms with Crippen molar-refractivity contribution in [1.29, 1.82) is 0 Å². The molecule has 0 bridgehead atoms. The Labute approximate surface area is 126 Å². The van der Waals surface area contributed by atoms with E-state index in [9.17, 15) is 0 Å². The van der Waals surface area contributed by atoms with Gasteiger partial charge in [-0.2, -0.15) is 5.10 Å². The lowest BCUT2D eigenvalue weighted by Crippen LogP contribution is -1.96. The Morgan fingerprint density at radius 3 is 2.45 bits per heavy atom. The molecule has 0 heterocycles. The number of hydrazone groups is 1. The van der Waals surface area contributed by atoms with E-state index in [1.165, 1.54) is 0 Å². The van der Waals surface area contributed by atoms with Crippen molar-refractivity contribution in [2.45, 2.75) is 0 Å². The lowest BCUT2D eigenvalue weighted by Gasteiger charge is -2.09. The molecule has 5 heteroatoms. The molecule has 0 saturated heterocycles. The summed E-state index contributed by atoms with van der Waals surface area (Å²) in [7, 11) is 3.22. The van der Waals surface area contributed by atoms with Crippen LogP contribution in [0.25, 0.3) is 0 Å². The maximum absolute atomic E-state index is 5.34. The van der Waals surface area contributed by atoms with Crippen LogP contribution in [0.15, 0.2) is 52.0 Å². The molecule has 2 rings (SSSR count). The number of hydrogen-bond donors (Lipinski definition) is 1. The van der Waals surface area contributed by atoms with Gasteiger partial charge in [-0.15, -0.1) is 0 Å². The Bertz CT molecular complexity index is 597. The van der Waals surface area contributed by atoms with Crippen LogP contribution in [0.1, 0.15) is 5.56 Å². The number of halogens is 1. The maximum Gasteiger partial charge on any atom is 0.169 e. The molecule has 104 valence electrons. The van der Waals surface area contributed by atoms with Crippen LogP contribution in [0.2, 0.25) is 0 Å². The summed E-state index contributed by atoms with van der Waals surface area (Å²) in [4.78, 5) is 0. The van der Waals surface area contributed by atoms with E-state index in [0.29, 0.717) is 11.5 Å². The highest BCUT2D eigenvalue weighted by atomic mass is 79.9. The minimum absolute atomic E-state index is 0.663. The number of ether oxygens (including phenoxy) is 2. The second-order valence-electron chi connectivity index (χ2n) is 3.96. The molecule has 0 aromatic heterocycles. The van der Waals surface area contributed by atoms with Gasteiger partial charge in [0.15, 0.2) is 11.5 Å². The summed E-state index contributed by atoms with van der Waals surface area (Å²) in [6, 6.07) is 13.4. The number of methoxy groups -OCH3 is 2. The number of para-hydroxylation sites is 1. The highest BCUT2D eigenvalue weighted by molar-refractivity contribution is 9.10. The fourth-order valence-electron chi connectivity index (χ4n) is 1.71. The zero-order valence-corrected chi connectivity index (χ0v) is 12.8. The Morgan fingerprint density at radius 1 is 1.05 bits per heavy atom. The minimum atomic E-state index is 0.663. The van der Waals surface area contributed by atoms with Crippen LogP contribution in [0.4, 0.5) is 5.69 Å². The highest BCUT2D eigenvalue weighted by Crippen LogP contribution is 2.29. The second kappa shape index (κ2) is 6.96. The molecule has 4 nitrogen and oxygen atoms in total. The van der Waals surface area contributed by atoms with Crippen molar-refractivity contribution in [2.24, 2.45) is 5.10 Å². The quantitative estimate of drug-likeness (QED) is 0.665. The Hall–Kier alpha value is -2.01. The van der Waals surface area contributed by atoms with Crippen molar-refractivity contribution < 1.29 is 9.47 Å². The standard InChI is InChI=1S/C15H15BrN2O2/c1-19-14-5-3-4-11(15(14)20-2)10-17-18-13-8-6-12(16)7-9-13/h3-10,18H,1-2H3/b17-10+. The van der Waals surface area contributed by atoms with Crippen molar-refractivity contribution in [3.63, 3.8) is 0 Å². The van der Waals surface area contributed by atoms with Crippen LogP contribution in [-0.4, -0.2) is 20.4 Å². The van der Waals surface area contributed by atoms with Gasteiger partial charge in [-0.1, -0.05) is 22.0 Å². The lowest BCUT2D eigenvalue weighted by atomic mass is 10.2. The average Bonchev–Trinajstić information content (AvgIpc) is 2.49. The van der Waals surface area contributed by atoms with E-state index in [2.05, 4.69) is 26.5 Å². The molecule has 1 N–H and O–H groups in total. The summed E-state index contributed by atoms with van der Waals surface area (Å²) in [5.41, 5.74) is 4.71. The van der Waals surface area contributed by atoms with E-state index < -0.39 is 0 Å². The number of anilines is 1. The fraction of sp³-hybridized carbons (Fsp3) is 0.133. The van der Waals surface area contributed by atoms with E-state index in [1.54, 1.807) is 20.4 Å². The minimum Gasteiger partial charge on any atom is -0.493 e. The summed E-state index contributed by atoms with van der Waals surface area (Å²) in [5.74, 6) is 1.34. The Kier molecular flexibility index (Phi) is 5.01. The third-order valence-corrected chi connectivity index (χ3v) is 3.20. The van der Waals surface area contributed by atoms with Crippen molar-refractivity contribution in [1.82, 2.24) is 0 Å². The molecule has 0 amide bonds. The molecule has 0 fully saturated rings. The van der Waals surface area contributed by atoms with Crippen LogP contribution in [0.5, 0.6) is 11.5 Å². The molecule has 0 atom stereocenters. The first kappa shape index (κ1) is 14.4. The van der Waals surface area contributed by atoms with Crippen LogP contribution < -0.4 is 14.9 Å². The summed E-state index contributed by atoms with van der Waals surface area (Å²) < 4.78 is 11.6. The number of nitrogens with zero attached hydrogens (tertiary/aromatic N) is 1. The van der Waals surface area contributed by atoms with E-state index in [0.717, 1.165) is 15.7 Å². The molecule has 0 spiro atoms. The van der Waals surface area contributed by atoms with E-state index >= 15 is 0 Å². The number of hydrogen-bond acceptors (Lipinski definition) is 4. The van der Waals surface area contributed by atoms with E-state index in [1.807, 2.05) is 42.5 Å². The van der Waals surface area contributed by atoms with Gasteiger partial charge in [-0.25, -0.2) is 0 Å². The molecule has 0 unspecified atom stereocenters. The summed E-state index contributed by atoms with van der Waals surface area (Å²) in [6.07, 6.45) is 1.70. The maximum atomic E-state index is 5.34. The predicted octanol–water partition coefficient (Wildman–Crippen LogP) is 3.91. The first-order valence-corrected chi connectivity index (χ1v) is 6.79. The van der Waals surface area contributed by atoms with Gasteiger partial charge in [-0.05, 0) is 36.4 Å². The first-order chi connectivity index (χ1) is 9.74. The van der Waals surface area contributed by atoms with Gasteiger partial charge in [0.05, 0.1) is 26.1 Å². The van der Waals surface area contributed by atoms with Gasteiger partial charge < -0.3 is 9.47 Å². The SMILES string of the molecule is COc1cccc(/C=N/Nc2ccc(Br)cc2)c1OC. The van der Waals surface area contributed by atoms with Crippen LogP contribution >= 0.6 is 15.9 Å². The molecule has 0 aliphatic rings. The normalized spacial score (nSPS) is 10.6. The monoisotopic (exact) mass is 334 g/mol. The lowest BCUT2D eigenvalue weighted by molar-refractivity contribution is 0.354. The molecular formula is C15H15BrN2O2. The van der Waals surface area contributed by atoms with Gasteiger partial charge in [0.2, 0.25) is 0 Å². The zero-order chi connectivity index (χ0) is 14.4. The summed E-state index contributed by atoms with van der Waals surface area (Å²) in [6.45, 7) is 0. The molecule has 0 radical (unpaired) electrons. The third-order valence-electron chi connectivity index (χ3n) is 2.67. The fourth-order valence-corrected chi connectivity index (χ4v) is 1.98. The number of benzene rings is 2. The summed E-state index contributed by atoms with van der Waals surface area (Å²) in [5, 5.41) is 4.20. The smallest absolute Gasteiger partial charge is 0.169 e. The first-order valence-electron chi connectivity index (χ1n) is 6.00. The van der Waals surface area contributed by atoms with E-state index in [-0.39, 0.29) is 0 Å². The predicted molar refractivity (Wildman–Crippen MR) is 84.9 cm³/mol. The average molecular weight is 335 g/mol. The molecule has 0 saturated carbocycles. The molecule has 20 heavy (non-hydrogen) atoms. The highest BCUT2D eigenvalue weighted by Gasteiger charge is 2.06. The largest absolute Gasteiger partial charge is 0.493 e. The second-order valence-corrected chi connectivity index (χ2v) is 4.88. The van der Waals surface area contributed by atoms with Crippen molar-refractivity contribution in [3.8, 4) is 11.5 Å². The van der Waals surface area contributed by atoms with Crippen LogP contribution in [0.3, 0.4) is 0 Å². The van der Waals surface area contributed by atoms with Crippen LogP contribution in [0, 0.1) is 0 Å². The van der Waals surface area contributed by atoms with Gasteiger partial charge in [0, 0.05) is 10.0 Å². The molecule has 0 aliphatic heterocycles. The summed E-state index contributed by atoms with van der Waals surface area (Å²) >= 11 is 3.39. The molecule has 2 aromatic carbocycles. The van der Waals surface area contributed by atoms with Gasteiger partial charge in [0.25, 0.3) is 0 Å². The van der Waals surface area contributed by atoms with Crippen molar-refractivity contribution in [3.05, 3.63) is 52.5 Å². The number of nitrogens with one attached hydrogen (secondary N) is 1. The topological polar surface area (TPSA) is 42.8 Å².